The van der Waals surface area contributed by atoms with E-state index in [4.69, 9.17) is 0 Å². The highest BCUT2D eigenvalue weighted by atomic mass is 32.2. The van der Waals surface area contributed by atoms with Gasteiger partial charge >= 0.3 is 0 Å². The van der Waals surface area contributed by atoms with Crippen molar-refractivity contribution in [1.29, 1.82) is 0 Å². The maximum atomic E-state index is 4.32. The first kappa shape index (κ1) is 17.8. The van der Waals surface area contributed by atoms with Crippen LogP contribution in [-0.2, 0) is 19.5 Å². The summed E-state index contributed by atoms with van der Waals surface area (Å²) < 4.78 is 2.23. The molecule has 0 bridgehead atoms. The summed E-state index contributed by atoms with van der Waals surface area (Å²) in [6.07, 6.45) is 3.46. The van der Waals surface area contributed by atoms with Crippen molar-refractivity contribution in [2.45, 2.75) is 49.4 Å². The summed E-state index contributed by atoms with van der Waals surface area (Å²) in [5.41, 5.74) is 0. The second-order valence-corrected chi connectivity index (χ2v) is 7.70. The lowest BCUT2D eigenvalue weighted by atomic mass is 10.2. The molecule has 6 nitrogen and oxygen atoms in total. The van der Waals surface area contributed by atoms with E-state index < -0.39 is 0 Å². The van der Waals surface area contributed by atoms with Crippen LogP contribution in [0.15, 0.2) is 40.2 Å². The first-order valence-electron chi connectivity index (χ1n) is 8.83. The Morgan fingerprint density at radius 2 is 2.08 bits per heavy atom. The number of hydrogen-bond acceptors (Lipinski definition) is 4. The second-order valence-electron chi connectivity index (χ2n) is 6.19. The van der Waals surface area contributed by atoms with Crippen LogP contribution >= 0.6 is 11.8 Å². The van der Waals surface area contributed by atoms with E-state index in [9.17, 15) is 0 Å². The number of rotatable bonds is 6. The number of guanidine groups is 1. The number of aromatic nitrogens is 3. The highest BCUT2D eigenvalue weighted by molar-refractivity contribution is 8.00. The molecule has 0 radical (unpaired) electrons. The van der Waals surface area contributed by atoms with Crippen LogP contribution in [0.25, 0.3) is 0 Å². The Labute approximate surface area is 153 Å². The molecule has 2 N–H and O–H groups in total. The predicted octanol–water partition coefficient (Wildman–Crippen LogP) is 2.46. The van der Waals surface area contributed by atoms with Crippen molar-refractivity contribution in [2.24, 2.45) is 4.99 Å². The number of nitrogens with zero attached hydrogens (tertiary/aromatic N) is 4. The molecule has 1 aromatic heterocycles. The minimum atomic E-state index is 0.446. The van der Waals surface area contributed by atoms with E-state index in [1.54, 1.807) is 7.05 Å². The molecule has 3 rings (SSSR count). The Balaban J connectivity index is 1.46. The summed E-state index contributed by atoms with van der Waals surface area (Å²) in [5.74, 6) is 2.90. The lowest BCUT2D eigenvalue weighted by Crippen LogP contribution is -2.40. The van der Waals surface area contributed by atoms with Crippen molar-refractivity contribution < 1.29 is 0 Å². The summed E-state index contributed by atoms with van der Waals surface area (Å²) in [7, 11) is 1.80. The summed E-state index contributed by atoms with van der Waals surface area (Å²) in [4.78, 5) is 5.59. The van der Waals surface area contributed by atoms with Gasteiger partial charge in [0.2, 0.25) is 0 Å². The molecule has 2 aromatic rings. The molecule has 2 heterocycles. The van der Waals surface area contributed by atoms with E-state index >= 15 is 0 Å². The smallest absolute Gasteiger partial charge is 0.191 e. The van der Waals surface area contributed by atoms with Gasteiger partial charge in [0.05, 0.1) is 6.54 Å². The number of nitrogens with one attached hydrogen (secondary N) is 2. The van der Waals surface area contributed by atoms with Crippen LogP contribution in [0.5, 0.6) is 0 Å². The summed E-state index contributed by atoms with van der Waals surface area (Å²) in [6.45, 7) is 4.73. The average molecular weight is 359 g/mol. The van der Waals surface area contributed by atoms with Gasteiger partial charge < -0.3 is 15.2 Å². The molecular weight excluding hydrogens is 332 g/mol. The fourth-order valence-electron chi connectivity index (χ4n) is 2.90. The maximum absolute atomic E-state index is 4.32. The largest absolute Gasteiger partial charge is 0.355 e. The Morgan fingerprint density at radius 1 is 1.24 bits per heavy atom. The Bertz CT molecular complexity index is 697. The average Bonchev–Trinajstić information content (AvgIpc) is 3.06. The fraction of sp³-hybridized carbons (Fsp3) is 0.500. The third kappa shape index (κ3) is 4.98. The zero-order chi connectivity index (χ0) is 17.5. The first-order chi connectivity index (χ1) is 12.3. The second kappa shape index (κ2) is 8.89. The van der Waals surface area contributed by atoms with E-state index in [1.807, 2.05) is 17.8 Å². The SMILES string of the molecule is CN=C(NCc1nnc2n1CCCC2)NCC(C)Sc1ccccc1. The van der Waals surface area contributed by atoms with E-state index in [0.29, 0.717) is 11.8 Å². The third-order valence-electron chi connectivity index (χ3n) is 4.21. The lowest BCUT2D eigenvalue weighted by Gasteiger charge is -2.17. The quantitative estimate of drug-likeness (QED) is 0.472. The van der Waals surface area contributed by atoms with Crippen molar-refractivity contribution in [3.05, 3.63) is 42.0 Å². The van der Waals surface area contributed by atoms with E-state index in [1.165, 1.54) is 17.7 Å². The Morgan fingerprint density at radius 3 is 2.88 bits per heavy atom. The van der Waals surface area contributed by atoms with Gasteiger partial charge in [-0.15, -0.1) is 22.0 Å². The van der Waals surface area contributed by atoms with Crippen LogP contribution in [0.1, 0.15) is 31.4 Å². The zero-order valence-corrected chi connectivity index (χ0v) is 15.7. The summed E-state index contributed by atoms with van der Waals surface area (Å²) in [6, 6.07) is 10.5. The molecular formula is C18H26N6S. The molecule has 0 aliphatic carbocycles. The van der Waals surface area contributed by atoms with Gasteiger partial charge in [0.1, 0.15) is 5.82 Å². The van der Waals surface area contributed by atoms with Crippen LogP contribution < -0.4 is 10.6 Å². The highest BCUT2D eigenvalue weighted by Gasteiger charge is 2.15. The standard InChI is InChI=1S/C18H26N6S/c1-14(25-15-8-4-3-5-9-15)12-20-18(19-2)21-13-17-23-22-16-10-6-7-11-24(16)17/h3-5,8-9,14H,6-7,10-13H2,1-2H3,(H2,19,20,21). The van der Waals surface area contributed by atoms with Crippen LogP contribution in [0.2, 0.25) is 0 Å². The normalized spacial score (nSPS) is 15.5. The molecule has 1 aliphatic heterocycles. The Kier molecular flexibility index (Phi) is 6.33. The van der Waals surface area contributed by atoms with E-state index in [2.05, 4.69) is 61.6 Å². The minimum absolute atomic E-state index is 0.446. The predicted molar refractivity (Wildman–Crippen MR) is 103 cm³/mol. The zero-order valence-electron chi connectivity index (χ0n) is 14.9. The van der Waals surface area contributed by atoms with Gasteiger partial charge in [0.25, 0.3) is 0 Å². The molecule has 1 aromatic carbocycles. The van der Waals surface area contributed by atoms with Gasteiger partial charge in [0, 0.05) is 36.7 Å². The van der Waals surface area contributed by atoms with E-state index in [0.717, 1.165) is 37.1 Å². The van der Waals surface area contributed by atoms with Crippen molar-refractivity contribution in [3.8, 4) is 0 Å². The van der Waals surface area contributed by atoms with Gasteiger partial charge in [-0.2, -0.15) is 0 Å². The molecule has 0 fully saturated rings. The third-order valence-corrected chi connectivity index (χ3v) is 5.32. The van der Waals surface area contributed by atoms with Crippen molar-refractivity contribution in [3.63, 3.8) is 0 Å². The fourth-order valence-corrected chi connectivity index (χ4v) is 3.84. The molecule has 0 saturated carbocycles. The number of benzene rings is 1. The maximum Gasteiger partial charge on any atom is 0.191 e. The van der Waals surface area contributed by atoms with Gasteiger partial charge in [-0.05, 0) is 25.0 Å². The molecule has 0 saturated heterocycles. The van der Waals surface area contributed by atoms with Crippen molar-refractivity contribution in [1.82, 2.24) is 25.4 Å². The molecule has 1 atom stereocenters. The van der Waals surface area contributed by atoms with Crippen molar-refractivity contribution >= 4 is 17.7 Å². The number of aryl methyl sites for hydroxylation is 1. The van der Waals surface area contributed by atoms with Crippen LogP contribution in [-0.4, -0.2) is 39.6 Å². The van der Waals surface area contributed by atoms with Crippen molar-refractivity contribution in [2.75, 3.05) is 13.6 Å². The molecule has 0 spiro atoms. The number of hydrogen-bond donors (Lipinski definition) is 2. The topological polar surface area (TPSA) is 67.1 Å². The number of fused-ring (bicyclic) bond motifs is 1. The highest BCUT2D eigenvalue weighted by Crippen LogP contribution is 2.21. The van der Waals surface area contributed by atoms with Crippen LogP contribution in [0.4, 0.5) is 0 Å². The molecule has 1 aliphatic rings. The molecule has 7 heteroatoms. The molecule has 1 unspecified atom stereocenters. The van der Waals surface area contributed by atoms with Crippen LogP contribution in [0, 0.1) is 0 Å². The Hall–Kier alpha value is -2.02. The minimum Gasteiger partial charge on any atom is -0.355 e. The van der Waals surface area contributed by atoms with Gasteiger partial charge in [0.15, 0.2) is 11.8 Å². The summed E-state index contributed by atoms with van der Waals surface area (Å²) >= 11 is 1.86. The van der Waals surface area contributed by atoms with Gasteiger partial charge in [-0.3, -0.25) is 4.99 Å². The van der Waals surface area contributed by atoms with Crippen LogP contribution in [0.3, 0.4) is 0 Å². The van der Waals surface area contributed by atoms with E-state index in [-0.39, 0.29) is 0 Å². The molecule has 134 valence electrons. The number of aliphatic imine (C=N–C) groups is 1. The monoisotopic (exact) mass is 358 g/mol. The summed E-state index contributed by atoms with van der Waals surface area (Å²) in [5, 5.41) is 15.8. The molecule has 0 amide bonds. The first-order valence-corrected chi connectivity index (χ1v) is 9.71. The lowest BCUT2D eigenvalue weighted by molar-refractivity contribution is 0.504. The molecule has 25 heavy (non-hydrogen) atoms. The van der Waals surface area contributed by atoms with Gasteiger partial charge in [-0.1, -0.05) is 25.1 Å². The number of thioether (sulfide) groups is 1. The van der Waals surface area contributed by atoms with Gasteiger partial charge in [-0.25, -0.2) is 0 Å².